The highest BCUT2D eigenvalue weighted by molar-refractivity contribution is 5.65. The first-order valence-corrected chi connectivity index (χ1v) is 8.83. The minimum atomic E-state index is 0.588. The third kappa shape index (κ3) is 4.62. The van der Waals surface area contributed by atoms with E-state index in [0.717, 1.165) is 22.8 Å². The van der Waals surface area contributed by atoms with E-state index in [0.29, 0.717) is 29.7 Å². The van der Waals surface area contributed by atoms with E-state index in [2.05, 4.69) is 20.6 Å². The van der Waals surface area contributed by atoms with Gasteiger partial charge in [-0.25, -0.2) is 9.97 Å². The molecule has 0 fully saturated rings. The molecule has 0 saturated carbocycles. The highest BCUT2D eigenvalue weighted by atomic mass is 16.5. The Kier molecular flexibility index (Phi) is 6.16. The molecule has 0 atom stereocenters. The molecule has 2 aromatic carbocycles. The van der Waals surface area contributed by atoms with Crippen LogP contribution in [0, 0.1) is 6.92 Å². The summed E-state index contributed by atoms with van der Waals surface area (Å²) >= 11 is 0. The molecule has 7 heteroatoms. The SMILES string of the molecule is COc1ccccc1Nc1cc(NCc2ccc(OC)c(OC)c2)nc(C)n1. The van der Waals surface area contributed by atoms with Crippen LogP contribution >= 0.6 is 0 Å². The molecule has 0 amide bonds. The van der Waals surface area contributed by atoms with Gasteiger partial charge in [0.05, 0.1) is 27.0 Å². The van der Waals surface area contributed by atoms with Crippen molar-refractivity contribution in [1.82, 2.24) is 9.97 Å². The van der Waals surface area contributed by atoms with Crippen LogP contribution in [0.5, 0.6) is 17.2 Å². The van der Waals surface area contributed by atoms with Gasteiger partial charge in [0.15, 0.2) is 11.5 Å². The second-order valence-electron chi connectivity index (χ2n) is 6.05. The number of hydrogen-bond donors (Lipinski definition) is 2. The fourth-order valence-corrected chi connectivity index (χ4v) is 2.79. The standard InChI is InChI=1S/C21H24N4O3/c1-14-23-20(22-13-15-9-10-18(27-3)19(11-15)28-4)12-21(24-14)25-16-7-5-6-8-17(16)26-2/h5-12H,13H2,1-4H3,(H2,22,23,24,25). The van der Waals surface area contributed by atoms with Crippen molar-refractivity contribution < 1.29 is 14.2 Å². The number of nitrogens with zero attached hydrogens (tertiary/aromatic N) is 2. The van der Waals surface area contributed by atoms with Crippen molar-refractivity contribution in [3.05, 3.63) is 59.9 Å². The molecule has 0 radical (unpaired) electrons. The molecule has 0 aliphatic heterocycles. The summed E-state index contributed by atoms with van der Waals surface area (Å²) < 4.78 is 16.0. The summed E-state index contributed by atoms with van der Waals surface area (Å²) in [7, 11) is 4.89. The zero-order chi connectivity index (χ0) is 19.9. The van der Waals surface area contributed by atoms with E-state index in [4.69, 9.17) is 14.2 Å². The van der Waals surface area contributed by atoms with E-state index in [1.54, 1.807) is 21.3 Å². The van der Waals surface area contributed by atoms with Crippen molar-refractivity contribution in [3.63, 3.8) is 0 Å². The lowest BCUT2D eigenvalue weighted by Crippen LogP contribution is -2.06. The van der Waals surface area contributed by atoms with Gasteiger partial charge in [0.2, 0.25) is 0 Å². The largest absolute Gasteiger partial charge is 0.495 e. The molecule has 0 aliphatic carbocycles. The van der Waals surface area contributed by atoms with Gasteiger partial charge < -0.3 is 24.8 Å². The van der Waals surface area contributed by atoms with Gasteiger partial charge in [-0.3, -0.25) is 0 Å². The van der Waals surface area contributed by atoms with Crippen LogP contribution in [0.15, 0.2) is 48.5 Å². The van der Waals surface area contributed by atoms with Crippen molar-refractivity contribution >= 4 is 17.3 Å². The molecule has 146 valence electrons. The zero-order valence-electron chi connectivity index (χ0n) is 16.4. The molecule has 0 saturated heterocycles. The summed E-state index contributed by atoms with van der Waals surface area (Å²) in [6, 6.07) is 15.4. The summed E-state index contributed by atoms with van der Waals surface area (Å²) in [6.45, 7) is 2.44. The maximum absolute atomic E-state index is 5.38. The molecule has 0 aliphatic rings. The number of hydrogen-bond acceptors (Lipinski definition) is 7. The average Bonchev–Trinajstić information content (AvgIpc) is 2.72. The Morgan fingerprint density at radius 1 is 0.786 bits per heavy atom. The second-order valence-corrected chi connectivity index (χ2v) is 6.05. The van der Waals surface area contributed by atoms with Gasteiger partial charge >= 0.3 is 0 Å². The predicted octanol–water partition coefficient (Wildman–Crippen LogP) is 4.17. The van der Waals surface area contributed by atoms with E-state index in [1.165, 1.54) is 0 Å². The Balaban J connectivity index is 1.75. The van der Waals surface area contributed by atoms with Crippen LogP contribution in [-0.2, 0) is 6.54 Å². The fourth-order valence-electron chi connectivity index (χ4n) is 2.79. The molecule has 0 unspecified atom stereocenters. The van der Waals surface area contributed by atoms with Crippen LogP contribution in [0.2, 0.25) is 0 Å². The Hall–Kier alpha value is -3.48. The average molecular weight is 380 g/mol. The first kappa shape index (κ1) is 19.3. The fraction of sp³-hybridized carbons (Fsp3) is 0.238. The molecule has 3 aromatic rings. The Morgan fingerprint density at radius 2 is 1.50 bits per heavy atom. The maximum atomic E-state index is 5.38. The third-order valence-electron chi connectivity index (χ3n) is 4.13. The maximum Gasteiger partial charge on any atom is 0.161 e. The number of methoxy groups -OCH3 is 3. The molecule has 28 heavy (non-hydrogen) atoms. The highest BCUT2D eigenvalue weighted by Crippen LogP contribution is 2.29. The minimum absolute atomic E-state index is 0.588. The van der Waals surface area contributed by atoms with Crippen LogP contribution in [0.1, 0.15) is 11.4 Å². The van der Waals surface area contributed by atoms with Crippen molar-refractivity contribution in [1.29, 1.82) is 0 Å². The quantitative estimate of drug-likeness (QED) is 0.607. The Morgan fingerprint density at radius 3 is 2.25 bits per heavy atom. The molecular weight excluding hydrogens is 356 g/mol. The zero-order valence-corrected chi connectivity index (χ0v) is 16.4. The third-order valence-corrected chi connectivity index (χ3v) is 4.13. The smallest absolute Gasteiger partial charge is 0.161 e. The lowest BCUT2D eigenvalue weighted by atomic mass is 10.2. The molecule has 0 spiro atoms. The molecule has 2 N–H and O–H groups in total. The van der Waals surface area contributed by atoms with Gasteiger partial charge in [-0.15, -0.1) is 0 Å². The molecule has 1 heterocycles. The molecule has 1 aromatic heterocycles. The predicted molar refractivity (Wildman–Crippen MR) is 110 cm³/mol. The number of para-hydroxylation sites is 2. The van der Waals surface area contributed by atoms with E-state index in [1.807, 2.05) is 55.5 Å². The lowest BCUT2D eigenvalue weighted by Gasteiger charge is -2.13. The number of ether oxygens (including phenoxy) is 3. The molecular formula is C21H24N4O3. The van der Waals surface area contributed by atoms with Gasteiger partial charge in [-0.2, -0.15) is 0 Å². The summed E-state index contributed by atoms with van der Waals surface area (Å²) in [5.41, 5.74) is 1.89. The van der Waals surface area contributed by atoms with E-state index >= 15 is 0 Å². The van der Waals surface area contributed by atoms with Crippen molar-refractivity contribution in [2.24, 2.45) is 0 Å². The van der Waals surface area contributed by atoms with Crippen molar-refractivity contribution in [2.45, 2.75) is 13.5 Å². The molecule has 3 rings (SSSR count). The van der Waals surface area contributed by atoms with Gasteiger partial charge in [-0.1, -0.05) is 18.2 Å². The number of aryl methyl sites for hydroxylation is 1. The van der Waals surface area contributed by atoms with E-state index in [9.17, 15) is 0 Å². The monoisotopic (exact) mass is 380 g/mol. The summed E-state index contributed by atoms with van der Waals surface area (Å²) in [5.74, 6) is 4.21. The van der Waals surface area contributed by atoms with Crippen LogP contribution in [0.4, 0.5) is 17.3 Å². The van der Waals surface area contributed by atoms with Crippen LogP contribution in [0.3, 0.4) is 0 Å². The summed E-state index contributed by atoms with van der Waals surface area (Å²) in [4.78, 5) is 8.92. The van der Waals surface area contributed by atoms with Crippen LogP contribution < -0.4 is 24.8 Å². The summed E-state index contributed by atoms with van der Waals surface area (Å²) in [6.07, 6.45) is 0. The number of aromatic nitrogens is 2. The van der Waals surface area contributed by atoms with Gasteiger partial charge in [-0.05, 0) is 36.8 Å². The lowest BCUT2D eigenvalue weighted by molar-refractivity contribution is 0.354. The summed E-state index contributed by atoms with van der Waals surface area (Å²) in [5, 5.41) is 6.61. The number of anilines is 3. The minimum Gasteiger partial charge on any atom is -0.495 e. The number of rotatable bonds is 8. The van der Waals surface area contributed by atoms with Crippen LogP contribution in [-0.4, -0.2) is 31.3 Å². The first-order chi connectivity index (χ1) is 13.6. The number of benzene rings is 2. The normalized spacial score (nSPS) is 10.3. The molecule has 0 bridgehead atoms. The van der Waals surface area contributed by atoms with Crippen molar-refractivity contribution in [3.8, 4) is 17.2 Å². The van der Waals surface area contributed by atoms with Gasteiger partial charge in [0.25, 0.3) is 0 Å². The van der Waals surface area contributed by atoms with Gasteiger partial charge in [0, 0.05) is 12.6 Å². The highest BCUT2D eigenvalue weighted by Gasteiger charge is 2.08. The Labute approximate surface area is 164 Å². The topological polar surface area (TPSA) is 77.5 Å². The number of nitrogens with one attached hydrogen (secondary N) is 2. The van der Waals surface area contributed by atoms with Crippen LogP contribution in [0.25, 0.3) is 0 Å². The molecule has 7 nitrogen and oxygen atoms in total. The van der Waals surface area contributed by atoms with Gasteiger partial charge in [0.1, 0.15) is 23.2 Å². The van der Waals surface area contributed by atoms with E-state index < -0.39 is 0 Å². The van der Waals surface area contributed by atoms with Crippen molar-refractivity contribution in [2.75, 3.05) is 32.0 Å². The van der Waals surface area contributed by atoms with E-state index in [-0.39, 0.29) is 0 Å². The second kappa shape index (κ2) is 8.94. The Bertz CT molecular complexity index is 947. The first-order valence-electron chi connectivity index (χ1n) is 8.83.